The average molecular weight is 473 g/mol. The quantitative estimate of drug-likeness (QED) is 0.255. The first kappa shape index (κ1) is 21.9. The minimum atomic E-state index is -0.286. The summed E-state index contributed by atoms with van der Waals surface area (Å²) in [5.74, 6) is 2.30. The molecule has 3 aromatic carbocycles. The third kappa shape index (κ3) is 4.87. The highest BCUT2D eigenvalue weighted by molar-refractivity contribution is 7.98. The topological polar surface area (TPSA) is 66.0 Å². The van der Waals surface area contributed by atoms with Crippen molar-refractivity contribution in [2.75, 3.05) is 7.11 Å². The lowest BCUT2D eigenvalue weighted by Gasteiger charge is -2.10. The van der Waals surface area contributed by atoms with Gasteiger partial charge in [0.1, 0.15) is 17.8 Å². The van der Waals surface area contributed by atoms with Gasteiger partial charge in [-0.25, -0.2) is 9.37 Å². The Hall–Kier alpha value is -3.91. The van der Waals surface area contributed by atoms with E-state index in [2.05, 4.69) is 27.3 Å². The fourth-order valence-corrected chi connectivity index (χ4v) is 4.31. The molecule has 0 aliphatic heterocycles. The summed E-state index contributed by atoms with van der Waals surface area (Å²) in [6.07, 6.45) is 1.66. The first-order chi connectivity index (χ1) is 16.7. The van der Waals surface area contributed by atoms with Crippen molar-refractivity contribution in [2.24, 2.45) is 0 Å². The van der Waals surface area contributed by atoms with Crippen LogP contribution in [0, 0.1) is 5.82 Å². The van der Waals surface area contributed by atoms with Crippen LogP contribution in [0.1, 0.15) is 11.3 Å². The van der Waals surface area contributed by atoms with Crippen LogP contribution >= 0.6 is 11.8 Å². The summed E-state index contributed by atoms with van der Waals surface area (Å²) < 4.78 is 26.4. The number of benzene rings is 3. The lowest BCUT2D eigenvalue weighted by Crippen LogP contribution is -2.04. The van der Waals surface area contributed by atoms with Crippen LogP contribution in [0.25, 0.3) is 22.8 Å². The second-order valence-corrected chi connectivity index (χ2v) is 8.49. The standard InChI is InChI=1S/C26H21FN4O2S/c1-32-23-13-9-20(10-14-23)25-28-22(16-33-25)17-34-26-30-29-24(19-7-11-21(27)12-8-19)31(26)15-18-5-3-2-4-6-18/h2-14,16H,15,17H2,1H3. The zero-order valence-corrected chi connectivity index (χ0v) is 19.2. The van der Waals surface area contributed by atoms with Crippen molar-refractivity contribution in [3.05, 3.63) is 102 Å². The van der Waals surface area contributed by atoms with Crippen LogP contribution in [0.4, 0.5) is 4.39 Å². The Morgan fingerprint density at radius 2 is 1.65 bits per heavy atom. The van der Waals surface area contributed by atoms with E-state index >= 15 is 0 Å². The highest BCUT2D eigenvalue weighted by atomic mass is 32.2. The smallest absolute Gasteiger partial charge is 0.226 e. The molecule has 0 aliphatic carbocycles. The van der Waals surface area contributed by atoms with Gasteiger partial charge in [-0.1, -0.05) is 42.1 Å². The Kier molecular flexibility index (Phi) is 6.40. The van der Waals surface area contributed by atoms with Crippen LogP contribution in [0.5, 0.6) is 5.75 Å². The normalized spacial score (nSPS) is 11.0. The Morgan fingerprint density at radius 1 is 0.912 bits per heavy atom. The molecular weight excluding hydrogens is 451 g/mol. The number of methoxy groups -OCH3 is 1. The summed E-state index contributed by atoms with van der Waals surface area (Å²) >= 11 is 1.53. The molecule has 0 radical (unpaired) electrons. The summed E-state index contributed by atoms with van der Waals surface area (Å²) in [5.41, 5.74) is 3.60. The summed E-state index contributed by atoms with van der Waals surface area (Å²) in [5, 5.41) is 9.58. The highest BCUT2D eigenvalue weighted by Gasteiger charge is 2.16. The number of aromatic nitrogens is 4. The fourth-order valence-electron chi connectivity index (χ4n) is 3.49. The van der Waals surface area contributed by atoms with Gasteiger partial charge in [0, 0.05) is 16.9 Å². The maximum Gasteiger partial charge on any atom is 0.226 e. The molecule has 2 aromatic heterocycles. The molecule has 0 unspecified atom stereocenters. The largest absolute Gasteiger partial charge is 0.497 e. The minimum Gasteiger partial charge on any atom is -0.497 e. The Morgan fingerprint density at radius 3 is 2.38 bits per heavy atom. The van der Waals surface area contributed by atoms with Crippen molar-refractivity contribution in [1.29, 1.82) is 0 Å². The highest BCUT2D eigenvalue weighted by Crippen LogP contribution is 2.29. The number of ether oxygens (including phenoxy) is 1. The van der Waals surface area contributed by atoms with E-state index in [1.807, 2.05) is 47.0 Å². The van der Waals surface area contributed by atoms with Gasteiger partial charge in [0.25, 0.3) is 0 Å². The molecule has 0 amide bonds. The van der Waals surface area contributed by atoms with Gasteiger partial charge < -0.3 is 9.15 Å². The van der Waals surface area contributed by atoms with Crippen molar-refractivity contribution in [3.8, 4) is 28.6 Å². The zero-order valence-electron chi connectivity index (χ0n) is 18.4. The van der Waals surface area contributed by atoms with Crippen molar-refractivity contribution in [1.82, 2.24) is 19.7 Å². The van der Waals surface area contributed by atoms with Gasteiger partial charge in [0.15, 0.2) is 11.0 Å². The molecule has 0 N–H and O–H groups in total. The molecule has 0 aliphatic rings. The van der Waals surface area contributed by atoms with E-state index in [0.717, 1.165) is 33.3 Å². The van der Waals surface area contributed by atoms with Crippen LogP contribution in [0.3, 0.4) is 0 Å². The third-order valence-electron chi connectivity index (χ3n) is 5.24. The van der Waals surface area contributed by atoms with Crippen LogP contribution in [-0.4, -0.2) is 26.9 Å². The van der Waals surface area contributed by atoms with E-state index in [1.165, 1.54) is 23.9 Å². The Bertz CT molecular complexity index is 1370. The molecule has 0 saturated carbocycles. The monoisotopic (exact) mass is 472 g/mol. The van der Waals surface area contributed by atoms with Crippen LogP contribution < -0.4 is 4.74 Å². The molecule has 0 spiro atoms. The SMILES string of the molecule is COc1ccc(-c2nc(CSc3nnc(-c4ccc(F)cc4)n3Cc3ccccc3)co2)cc1. The van der Waals surface area contributed by atoms with E-state index in [4.69, 9.17) is 9.15 Å². The van der Waals surface area contributed by atoms with Gasteiger partial charge in [0.2, 0.25) is 5.89 Å². The van der Waals surface area contributed by atoms with Gasteiger partial charge in [0.05, 0.1) is 19.3 Å². The van der Waals surface area contributed by atoms with E-state index in [9.17, 15) is 4.39 Å². The van der Waals surface area contributed by atoms with Crippen molar-refractivity contribution < 1.29 is 13.5 Å². The number of thioether (sulfide) groups is 1. The first-order valence-electron chi connectivity index (χ1n) is 10.6. The average Bonchev–Trinajstić information content (AvgIpc) is 3.51. The van der Waals surface area contributed by atoms with Gasteiger partial charge in [-0.3, -0.25) is 4.57 Å². The molecule has 8 heteroatoms. The molecule has 2 heterocycles. The number of oxazole rings is 1. The summed E-state index contributed by atoms with van der Waals surface area (Å²) in [6.45, 7) is 0.596. The minimum absolute atomic E-state index is 0.286. The predicted molar refractivity (Wildman–Crippen MR) is 129 cm³/mol. The van der Waals surface area contributed by atoms with Crippen molar-refractivity contribution in [2.45, 2.75) is 17.5 Å². The second-order valence-electron chi connectivity index (χ2n) is 7.55. The molecule has 6 nitrogen and oxygen atoms in total. The number of nitrogens with zero attached hydrogens (tertiary/aromatic N) is 4. The van der Waals surface area contributed by atoms with E-state index in [-0.39, 0.29) is 5.82 Å². The zero-order chi connectivity index (χ0) is 23.3. The number of hydrogen-bond donors (Lipinski definition) is 0. The van der Waals surface area contributed by atoms with E-state index < -0.39 is 0 Å². The van der Waals surface area contributed by atoms with E-state index in [1.54, 1.807) is 25.5 Å². The second kappa shape index (κ2) is 9.93. The predicted octanol–water partition coefficient (Wildman–Crippen LogP) is 6.09. The molecule has 0 bridgehead atoms. The molecule has 5 rings (SSSR count). The molecule has 0 fully saturated rings. The maximum atomic E-state index is 13.5. The number of rotatable bonds is 8. The van der Waals surface area contributed by atoms with Crippen LogP contribution in [0.2, 0.25) is 0 Å². The number of halogens is 1. The maximum absolute atomic E-state index is 13.5. The van der Waals surface area contributed by atoms with Crippen LogP contribution in [0.15, 0.2) is 94.7 Å². The van der Waals surface area contributed by atoms with Gasteiger partial charge in [-0.15, -0.1) is 10.2 Å². The van der Waals surface area contributed by atoms with Gasteiger partial charge in [-0.2, -0.15) is 0 Å². The summed E-state index contributed by atoms with van der Waals surface area (Å²) in [6, 6.07) is 24.0. The molecule has 170 valence electrons. The molecule has 34 heavy (non-hydrogen) atoms. The third-order valence-corrected chi connectivity index (χ3v) is 6.24. The Balaban J connectivity index is 1.38. The molecule has 0 saturated heterocycles. The lowest BCUT2D eigenvalue weighted by molar-refractivity contribution is 0.415. The molecule has 5 aromatic rings. The summed E-state index contributed by atoms with van der Waals surface area (Å²) in [7, 11) is 1.63. The van der Waals surface area contributed by atoms with Gasteiger partial charge >= 0.3 is 0 Å². The Labute approximate surface area is 200 Å². The summed E-state index contributed by atoms with van der Waals surface area (Å²) in [4.78, 5) is 4.61. The first-order valence-corrected chi connectivity index (χ1v) is 11.6. The van der Waals surface area contributed by atoms with Gasteiger partial charge in [-0.05, 0) is 54.1 Å². The number of hydrogen-bond acceptors (Lipinski definition) is 6. The van der Waals surface area contributed by atoms with E-state index in [0.29, 0.717) is 24.0 Å². The van der Waals surface area contributed by atoms with Crippen molar-refractivity contribution >= 4 is 11.8 Å². The lowest BCUT2D eigenvalue weighted by atomic mass is 10.2. The molecular formula is C26H21FN4O2S. The fraction of sp³-hybridized carbons (Fsp3) is 0.115. The molecule has 0 atom stereocenters. The van der Waals surface area contributed by atoms with Crippen LogP contribution in [-0.2, 0) is 12.3 Å². The van der Waals surface area contributed by atoms with Crippen molar-refractivity contribution in [3.63, 3.8) is 0 Å².